The second kappa shape index (κ2) is 8.09. The quantitative estimate of drug-likeness (QED) is 0.716. The molecule has 1 amide bonds. The van der Waals surface area contributed by atoms with Gasteiger partial charge in [0.05, 0.1) is 4.90 Å². The van der Waals surface area contributed by atoms with Crippen molar-refractivity contribution in [2.45, 2.75) is 50.6 Å². The number of carbonyl (C=O) groups excluding carboxylic acids is 1. The maximum Gasteiger partial charge on any atom is 0.241 e. The Morgan fingerprint density at radius 2 is 1.92 bits per heavy atom. The number of amides is 1. The van der Waals surface area contributed by atoms with E-state index in [0.29, 0.717) is 0 Å². The SMILES string of the molecule is Cc1ccc(S(=O)(=O)NC(C(=O)N[C@H]2CCCNC2)C(C)C)cc1. The Morgan fingerprint density at radius 1 is 1.25 bits per heavy atom. The summed E-state index contributed by atoms with van der Waals surface area (Å²) in [6, 6.07) is 5.85. The van der Waals surface area contributed by atoms with E-state index in [1.54, 1.807) is 24.3 Å². The number of hydrogen-bond acceptors (Lipinski definition) is 4. The van der Waals surface area contributed by atoms with Crippen LogP contribution in [0.2, 0.25) is 0 Å². The van der Waals surface area contributed by atoms with Gasteiger partial charge >= 0.3 is 0 Å². The number of rotatable bonds is 6. The molecule has 2 rings (SSSR count). The number of benzene rings is 1. The van der Waals surface area contributed by atoms with Gasteiger partial charge in [-0.05, 0) is 44.4 Å². The van der Waals surface area contributed by atoms with E-state index in [1.165, 1.54) is 0 Å². The predicted octanol–water partition coefficient (Wildman–Crippen LogP) is 1.17. The summed E-state index contributed by atoms with van der Waals surface area (Å²) in [5.74, 6) is -0.420. The molecule has 1 fully saturated rings. The van der Waals surface area contributed by atoms with E-state index in [1.807, 2.05) is 20.8 Å². The molecule has 0 aromatic heterocycles. The third-order valence-corrected chi connectivity index (χ3v) is 5.66. The fraction of sp³-hybridized carbons (Fsp3) is 0.588. The Labute approximate surface area is 144 Å². The molecule has 2 atom stereocenters. The average molecular weight is 353 g/mol. The Bertz CT molecular complexity index is 650. The highest BCUT2D eigenvalue weighted by Gasteiger charge is 2.29. The fourth-order valence-corrected chi connectivity index (χ4v) is 4.05. The van der Waals surface area contributed by atoms with E-state index in [-0.39, 0.29) is 22.8 Å². The summed E-state index contributed by atoms with van der Waals surface area (Å²) in [5.41, 5.74) is 0.983. The first-order valence-electron chi connectivity index (χ1n) is 8.39. The maximum atomic E-state index is 12.6. The summed E-state index contributed by atoms with van der Waals surface area (Å²) in [4.78, 5) is 12.7. The van der Waals surface area contributed by atoms with Gasteiger partial charge in [0.1, 0.15) is 6.04 Å². The van der Waals surface area contributed by atoms with Crippen molar-refractivity contribution in [3.63, 3.8) is 0 Å². The van der Waals surface area contributed by atoms with Gasteiger partial charge < -0.3 is 10.6 Å². The molecular weight excluding hydrogens is 326 g/mol. The lowest BCUT2D eigenvalue weighted by Gasteiger charge is -2.28. The Hall–Kier alpha value is -1.44. The molecule has 1 unspecified atom stereocenters. The van der Waals surface area contributed by atoms with Crippen molar-refractivity contribution in [3.05, 3.63) is 29.8 Å². The lowest BCUT2D eigenvalue weighted by Crippen LogP contribution is -2.54. The van der Waals surface area contributed by atoms with Crippen LogP contribution >= 0.6 is 0 Å². The molecule has 6 nitrogen and oxygen atoms in total. The Morgan fingerprint density at radius 3 is 2.46 bits per heavy atom. The number of carbonyl (C=O) groups is 1. The van der Waals surface area contributed by atoms with Gasteiger partial charge in [0.15, 0.2) is 0 Å². The highest BCUT2D eigenvalue weighted by atomic mass is 32.2. The molecule has 1 saturated heterocycles. The normalized spacial score (nSPS) is 19.9. The first-order chi connectivity index (χ1) is 11.3. The fourth-order valence-electron chi connectivity index (χ4n) is 2.71. The highest BCUT2D eigenvalue weighted by Crippen LogP contribution is 2.13. The second-order valence-corrected chi connectivity index (χ2v) is 8.42. The van der Waals surface area contributed by atoms with Crippen LogP contribution in [0, 0.1) is 12.8 Å². The van der Waals surface area contributed by atoms with Crippen LogP contribution in [0.25, 0.3) is 0 Å². The molecule has 1 heterocycles. The highest BCUT2D eigenvalue weighted by molar-refractivity contribution is 7.89. The van der Waals surface area contributed by atoms with Crippen molar-refractivity contribution in [1.82, 2.24) is 15.4 Å². The van der Waals surface area contributed by atoms with Crippen LogP contribution in [0.1, 0.15) is 32.3 Å². The van der Waals surface area contributed by atoms with Crippen LogP contribution in [0.5, 0.6) is 0 Å². The van der Waals surface area contributed by atoms with Crippen molar-refractivity contribution >= 4 is 15.9 Å². The van der Waals surface area contributed by atoms with Crippen LogP contribution in [0.4, 0.5) is 0 Å². The summed E-state index contributed by atoms with van der Waals surface area (Å²) >= 11 is 0. The molecule has 1 aliphatic heterocycles. The number of sulfonamides is 1. The van der Waals surface area contributed by atoms with Crippen molar-refractivity contribution in [1.29, 1.82) is 0 Å². The third-order valence-electron chi connectivity index (χ3n) is 4.21. The van der Waals surface area contributed by atoms with Gasteiger partial charge in [-0.25, -0.2) is 8.42 Å². The minimum Gasteiger partial charge on any atom is -0.351 e. The molecule has 3 N–H and O–H groups in total. The molecule has 1 aromatic carbocycles. The number of aryl methyl sites for hydroxylation is 1. The number of hydrogen-bond donors (Lipinski definition) is 3. The molecule has 134 valence electrons. The van der Waals surface area contributed by atoms with E-state index < -0.39 is 16.1 Å². The van der Waals surface area contributed by atoms with E-state index in [4.69, 9.17) is 0 Å². The molecule has 1 aromatic rings. The molecule has 24 heavy (non-hydrogen) atoms. The first kappa shape index (κ1) is 18.9. The molecule has 0 saturated carbocycles. The van der Waals surface area contributed by atoms with Crippen molar-refractivity contribution in [2.24, 2.45) is 5.92 Å². The minimum atomic E-state index is -3.73. The van der Waals surface area contributed by atoms with Gasteiger partial charge in [0.25, 0.3) is 0 Å². The molecule has 0 bridgehead atoms. The Kier molecular flexibility index (Phi) is 6.37. The van der Waals surface area contributed by atoms with Gasteiger partial charge in [-0.2, -0.15) is 4.72 Å². The van der Waals surface area contributed by atoms with Crippen molar-refractivity contribution < 1.29 is 13.2 Å². The number of nitrogens with one attached hydrogen (secondary N) is 3. The molecule has 0 radical (unpaired) electrons. The van der Waals surface area contributed by atoms with E-state index in [2.05, 4.69) is 15.4 Å². The molecular formula is C17H27N3O3S. The second-order valence-electron chi connectivity index (χ2n) is 6.71. The monoisotopic (exact) mass is 353 g/mol. The number of piperidine rings is 1. The lowest BCUT2D eigenvalue weighted by atomic mass is 10.0. The lowest BCUT2D eigenvalue weighted by molar-refractivity contribution is -0.124. The van der Waals surface area contributed by atoms with E-state index in [0.717, 1.165) is 31.5 Å². The summed E-state index contributed by atoms with van der Waals surface area (Å²) in [6.07, 6.45) is 1.92. The molecule has 0 aliphatic carbocycles. The van der Waals surface area contributed by atoms with E-state index >= 15 is 0 Å². The van der Waals surface area contributed by atoms with Crippen LogP contribution in [0.3, 0.4) is 0 Å². The topological polar surface area (TPSA) is 87.3 Å². The minimum absolute atomic E-state index is 0.0522. The standard InChI is InChI=1S/C17H27N3O3S/c1-12(2)16(17(21)19-14-5-4-10-18-11-14)20-24(22,23)15-8-6-13(3)7-9-15/h6-9,12,14,16,18,20H,4-5,10-11H2,1-3H3,(H,19,21)/t14-,16?/m0/s1. The zero-order chi connectivity index (χ0) is 17.7. The van der Waals surface area contributed by atoms with Crippen LogP contribution in [-0.4, -0.2) is 39.5 Å². The maximum absolute atomic E-state index is 12.6. The summed E-state index contributed by atoms with van der Waals surface area (Å²) in [6.45, 7) is 7.25. The van der Waals surface area contributed by atoms with Crippen LogP contribution in [-0.2, 0) is 14.8 Å². The molecule has 7 heteroatoms. The van der Waals surface area contributed by atoms with Crippen LogP contribution < -0.4 is 15.4 Å². The van der Waals surface area contributed by atoms with Gasteiger partial charge in [0.2, 0.25) is 15.9 Å². The van der Waals surface area contributed by atoms with E-state index in [9.17, 15) is 13.2 Å². The van der Waals surface area contributed by atoms with Crippen LogP contribution in [0.15, 0.2) is 29.2 Å². The summed E-state index contributed by atoms with van der Waals surface area (Å²) < 4.78 is 27.7. The van der Waals surface area contributed by atoms with Crippen molar-refractivity contribution in [2.75, 3.05) is 13.1 Å². The largest absolute Gasteiger partial charge is 0.351 e. The smallest absolute Gasteiger partial charge is 0.241 e. The summed E-state index contributed by atoms with van der Waals surface area (Å²) in [7, 11) is -3.73. The van der Waals surface area contributed by atoms with Gasteiger partial charge in [-0.1, -0.05) is 31.5 Å². The Balaban J connectivity index is 2.09. The van der Waals surface area contributed by atoms with Gasteiger partial charge in [-0.15, -0.1) is 0 Å². The molecule has 1 aliphatic rings. The zero-order valence-electron chi connectivity index (χ0n) is 14.5. The van der Waals surface area contributed by atoms with Gasteiger partial charge in [-0.3, -0.25) is 4.79 Å². The third kappa shape index (κ3) is 5.03. The average Bonchev–Trinajstić information content (AvgIpc) is 2.53. The van der Waals surface area contributed by atoms with Gasteiger partial charge in [0, 0.05) is 12.6 Å². The first-order valence-corrected chi connectivity index (χ1v) is 9.88. The summed E-state index contributed by atoms with van der Waals surface area (Å²) in [5, 5.41) is 6.19. The molecule has 0 spiro atoms. The predicted molar refractivity (Wildman–Crippen MR) is 94.2 cm³/mol. The van der Waals surface area contributed by atoms with Crippen molar-refractivity contribution in [3.8, 4) is 0 Å². The zero-order valence-corrected chi connectivity index (χ0v) is 15.3.